The van der Waals surface area contributed by atoms with Gasteiger partial charge in [0.25, 0.3) is 0 Å². The van der Waals surface area contributed by atoms with Crippen LogP contribution in [0.1, 0.15) is 5.56 Å². The molecule has 0 bridgehead atoms. The molecule has 1 heterocycles. The summed E-state index contributed by atoms with van der Waals surface area (Å²) in [6.07, 6.45) is 0. The van der Waals surface area contributed by atoms with E-state index in [2.05, 4.69) is 25.9 Å². The highest BCUT2D eigenvalue weighted by Gasteiger charge is 2.12. The van der Waals surface area contributed by atoms with Gasteiger partial charge in [-0.25, -0.2) is 0 Å². The van der Waals surface area contributed by atoms with Crippen LogP contribution < -0.4 is 14.2 Å². The lowest BCUT2D eigenvalue weighted by Crippen LogP contribution is -1.99. The number of fused-ring (bicyclic) bond motifs is 1. The Labute approximate surface area is 92.9 Å². The zero-order chi connectivity index (χ0) is 9.10. The summed E-state index contributed by atoms with van der Waals surface area (Å²) in [7, 11) is 1.58. The molecule has 13 heavy (non-hydrogen) atoms. The lowest BCUT2D eigenvalue weighted by atomic mass is 10.2. The van der Waals surface area contributed by atoms with Gasteiger partial charge in [-0.05, 0) is 26.8 Å². The molecule has 3 nitrogen and oxygen atoms in total. The SMILES string of the molecule is ISNCc1ccc2c(c1)OCO2. The summed E-state index contributed by atoms with van der Waals surface area (Å²) in [5.74, 6) is 1.68. The number of halogens is 1. The Morgan fingerprint density at radius 3 is 3.08 bits per heavy atom. The van der Waals surface area contributed by atoms with Gasteiger partial charge in [-0.15, -0.1) is 0 Å². The molecule has 2 rings (SSSR count). The number of nitrogens with one attached hydrogen (secondary N) is 1. The maximum absolute atomic E-state index is 5.26. The van der Waals surface area contributed by atoms with Gasteiger partial charge < -0.3 is 9.47 Å². The highest BCUT2D eigenvalue weighted by molar-refractivity contribution is 14.2. The molecule has 1 aromatic rings. The third-order valence-corrected chi connectivity index (χ3v) is 2.96. The van der Waals surface area contributed by atoms with Crippen molar-refractivity contribution in [3.63, 3.8) is 0 Å². The van der Waals surface area contributed by atoms with Gasteiger partial charge in [-0.2, -0.15) is 0 Å². The number of ether oxygens (including phenoxy) is 2. The number of hydrogen-bond donors (Lipinski definition) is 1. The Morgan fingerprint density at radius 1 is 1.38 bits per heavy atom. The molecule has 0 saturated heterocycles. The molecule has 0 aromatic heterocycles. The molecule has 0 atom stereocenters. The maximum atomic E-state index is 5.26. The fourth-order valence-electron chi connectivity index (χ4n) is 1.16. The minimum absolute atomic E-state index is 0.341. The highest BCUT2D eigenvalue weighted by atomic mass is 127. The molecule has 70 valence electrons. The van der Waals surface area contributed by atoms with E-state index in [0.29, 0.717) is 6.79 Å². The zero-order valence-corrected chi connectivity index (χ0v) is 9.72. The predicted molar refractivity (Wildman–Crippen MR) is 61.0 cm³/mol. The Kier molecular flexibility index (Phi) is 3.18. The van der Waals surface area contributed by atoms with Crippen molar-refractivity contribution in [1.29, 1.82) is 0 Å². The first-order valence-corrected chi connectivity index (χ1v) is 7.15. The zero-order valence-electron chi connectivity index (χ0n) is 6.75. The molecule has 5 heteroatoms. The minimum atomic E-state index is 0.341. The molecule has 0 radical (unpaired) electrons. The lowest BCUT2D eigenvalue weighted by molar-refractivity contribution is 0.174. The minimum Gasteiger partial charge on any atom is -0.454 e. The standard InChI is InChI=1S/C8H8INO2S/c9-13-10-4-6-1-2-7-8(3-6)12-5-11-7/h1-3,10H,4-5H2. The monoisotopic (exact) mass is 309 g/mol. The smallest absolute Gasteiger partial charge is 0.231 e. The van der Waals surface area contributed by atoms with Gasteiger partial charge in [-0.3, -0.25) is 4.72 Å². The average molecular weight is 309 g/mol. The Hall–Kier alpha value is -0.140. The van der Waals surface area contributed by atoms with E-state index in [4.69, 9.17) is 9.47 Å². The third-order valence-electron chi connectivity index (χ3n) is 1.77. The topological polar surface area (TPSA) is 30.5 Å². The van der Waals surface area contributed by atoms with E-state index in [0.717, 1.165) is 18.0 Å². The molecule has 0 fully saturated rings. The molecule has 0 spiro atoms. The van der Waals surface area contributed by atoms with Gasteiger partial charge in [0.2, 0.25) is 6.79 Å². The molecule has 1 aliphatic rings. The van der Waals surface area contributed by atoms with Crippen LogP contribution in [-0.4, -0.2) is 6.79 Å². The Balaban J connectivity index is 2.12. The second-order valence-electron chi connectivity index (χ2n) is 2.59. The third kappa shape index (κ3) is 2.21. The van der Waals surface area contributed by atoms with Crippen molar-refractivity contribution in [1.82, 2.24) is 4.72 Å². The molecule has 0 aliphatic carbocycles. The van der Waals surface area contributed by atoms with E-state index >= 15 is 0 Å². The average Bonchev–Trinajstić information content (AvgIpc) is 2.61. The van der Waals surface area contributed by atoms with E-state index in [1.165, 1.54) is 5.56 Å². The van der Waals surface area contributed by atoms with Crippen molar-refractivity contribution in [3.05, 3.63) is 23.8 Å². The molecule has 0 unspecified atom stereocenters. The highest BCUT2D eigenvalue weighted by Crippen LogP contribution is 2.32. The van der Waals surface area contributed by atoms with Crippen molar-refractivity contribution in [3.8, 4) is 11.5 Å². The molecule has 1 aliphatic heterocycles. The number of hydrogen-bond acceptors (Lipinski definition) is 4. The van der Waals surface area contributed by atoms with Crippen LogP contribution >= 0.6 is 30.3 Å². The molecular formula is C8H8INO2S. The van der Waals surface area contributed by atoms with Gasteiger partial charge in [-0.1, -0.05) is 6.07 Å². The summed E-state index contributed by atoms with van der Waals surface area (Å²) < 4.78 is 13.6. The second-order valence-corrected chi connectivity index (χ2v) is 4.35. The summed E-state index contributed by atoms with van der Waals surface area (Å²) in [6.45, 7) is 1.18. The summed E-state index contributed by atoms with van der Waals surface area (Å²) in [4.78, 5) is 0. The van der Waals surface area contributed by atoms with Crippen LogP contribution in [0.3, 0.4) is 0 Å². The maximum Gasteiger partial charge on any atom is 0.231 e. The quantitative estimate of drug-likeness (QED) is 0.686. The number of rotatable bonds is 3. The number of benzene rings is 1. The Morgan fingerprint density at radius 2 is 2.23 bits per heavy atom. The summed E-state index contributed by atoms with van der Waals surface area (Å²) in [5, 5.41) is 0. The van der Waals surface area contributed by atoms with Gasteiger partial charge in [0.05, 0.1) is 0 Å². The van der Waals surface area contributed by atoms with Crippen LogP contribution in [0.5, 0.6) is 11.5 Å². The van der Waals surface area contributed by atoms with Crippen molar-refractivity contribution in [2.24, 2.45) is 0 Å². The first-order valence-electron chi connectivity index (χ1n) is 3.79. The van der Waals surface area contributed by atoms with E-state index < -0.39 is 0 Å². The van der Waals surface area contributed by atoms with E-state index in [1.807, 2.05) is 18.2 Å². The fourth-order valence-corrected chi connectivity index (χ4v) is 1.85. The lowest BCUT2D eigenvalue weighted by Gasteiger charge is -2.01. The van der Waals surface area contributed by atoms with Gasteiger partial charge in [0.15, 0.2) is 11.5 Å². The molecule has 0 amide bonds. The van der Waals surface area contributed by atoms with Crippen molar-refractivity contribution < 1.29 is 9.47 Å². The first-order chi connectivity index (χ1) is 6.40. The molecule has 0 saturated carbocycles. The van der Waals surface area contributed by atoms with Crippen molar-refractivity contribution >= 4 is 30.3 Å². The van der Waals surface area contributed by atoms with Crippen LogP contribution in [0.15, 0.2) is 18.2 Å². The second kappa shape index (κ2) is 4.39. The summed E-state index contributed by atoms with van der Waals surface area (Å²) in [5.41, 5.74) is 1.20. The van der Waals surface area contributed by atoms with Crippen LogP contribution in [-0.2, 0) is 6.54 Å². The van der Waals surface area contributed by atoms with Crippen LogP contribution in [0, 0.1) is 0 Å². The Bertz CT molecular complexity index is 308. The normalized spacial score (nSPS) is 13.3. The van der Waals surface area contributed by atoms with Gasteiger partial charge in [0.1, 0.15) is 0 Å². The molecular weight excluding hydrogens is 301 g/mol. The first kappa shape index (κ1) is 9.42. The van der Waals surface area contributed by atoms with Crippen molar-refractivity contribution in [2.75, 3.05) is 6.79 Å². The van der Waals surface area contributed by atoms with E-state index in [9.17, 15) is 0 Å². The van der Waals surface area contributed by atoms with E-state index in [1.54, 1.807) is 9.12 Å². The molecule has 1 aromatic carbocycles. The van der Waals surface area contributed by atoms with Gasteiger partial charge in [0, 0.05) is 27.8 Å². The molecule has 1 N–H and O–H groups in total. The predicted octanol–water partition coefficient (Wildman–Crippen LogP) is 2.50. The van der Waals surface area contributed by atoms with Gasteiger partial charge >= 0.3 is 0 Å². The summed E-state index contributed by atoms with van der Waals surface area (Å²) in [6, 6.07) is 5.98. The summed E-state index contributed by atoms with van der Waals surface area (Å²) >= 11 is 2.20. The fraction of sp³-hybridized carbons (Fsp3) is 0.250. The van der Waals surface area contributed by atoms with Crippen LogP contribution in [0.25, 0.3) is 0 Å². The largest absolute Gasteiger partial charge is 0.454 e. The van der Waals surface area contributed by atoms with E-state index in [-0.39, 0.29) is 0 Å². The van der Waals surface area contributed by atoms with Crippen molar-refractivity contribution in [2.45, 2.75) is 6.54 Å². The van der Waals surface area contributed by atoms with Crippen LogP contribution in [0.2, 0.25) is 0 Å². The van der Waals surface area contributed by atoms with Crippen LogP contribution in [0.4, 0.5) is 0 Å².